The van der Waals surface area contributed by atoms with Gasteiger partial charge in [0.2, 0.25) is 0 Å². The van der Waals surface area contributed by atoms with Gasteiger partial charge in [-0.2, -0.15) is 13.2 Å². The zero-order valence-corrected chi connectivity index (χ0v) is 9.52. The van der Waals surface area contributed by atoms with Gasteiger partial charge in [0.1, 0.15) is 5.41 Å². The first kappa shape index (κ1) is 13.7. The summed E-state index contributed by atoms with van der Waals surface area (Å²) in [6.45, 7) is 3.14. The topological polar surface area (TPSA) is 38.5 Å². The molecule has 0 unspecified atom stereocenters. The molecule has 0 saturated carbocycles. The molecule has 0 spiro atoms. The van der Waals surface area contributed by atoms with E-state index in [9.17, 15) is 13.2 Å². The van der Waals surface area contributed by atoms with Gasteiger partial charge < -0.3 is 15.4 Å². The molecule has 6 heteroatoms. The Morgan fingerprint density at radius 2 is 2.12 bits per heavy atom. The van der Waals surface area contributed by atoms with Crippen LogP contribution in [0.1, 0.15) is 13.3 Å². The van der Waals surface area contributed by atoms with Crippen molar-refractivity contribution in [3.63, 3.8) is 0 Å². The molecule has 0 amide bonds. The maximum Gasteiger partial charge on any atom is 0.397 e. The standard InChI is InChI=1S/C10H19F3N2O/c1-2-16-8-9(10(11,12)13)3-5-15(7-9)6-4-14/h2-8,14H2,1H3/t9-/m1/s1. The van der Waals surface area contributed by atoms with E-state index in [1.165, 1.54) is 0 Å². The van der Waals surface area contributed by atoms with Gasteiger partial charge in [-0.05, 0) is 19.9 Å². The molecule has 0 aromatic carbocycles. The van der Waals surface area contributed by atoms with E-state index >= 15 is 0 Å². The molecule has 1 rings (SSSR count). The predicted molar refractivity (Wildman–Crippen MR) is 55.1 cm³/mol. The molecule has 0 bridgehead atoms. The molecule has 1 heterocycles. The van der Waals surface area contributed by atoms with Crippen molar-refractivity contribution in [3.8, 4) is 0 Å². The van der Waals surface area contributed by atoms with Gasteiger partial charge in [-0.3, -0.25) is 0 Å². The normalized spacial score (nSPS) is 27.6. The summed E-state index contributed by atoms with van der Waals surface area (Å²) in [7, 11) is 0. The average molecular weight is 240 g/mol. The van der Waals surface area contributed by atoms with Crippen LogP contribution in [0.3, 0.4) is 0 Å². The molecule has 16 heavy (non-hydrogen) atoms. The summed E-state index contributed by atoms with van der Waals surface area (Å²) in [5, 5.41) is 0. The van der Waals surface area contributed by atoms with Crippen LogP contribution in [0.4, 0.5) is 13.2 Å². The zero-order valence-electron chi connectivity index (χ0n) is 9.52. The fourth-order valence-electron chi connectivity index (χ4n) is 2.06. The van der Waals surface area contributed by atoms with Crippen LogP contribution in [-0.2, 0) is 4.74 Å². The molecule has 1 fully saturated rings. The molecular formula is C10H19F3N2O. The van der Waals surface area contributed by atoms with Gasteiger partial charge in [0.05, 0.1) is 6.61 Å². The lowest BCUT2D eigenvalue weighted by atomic mass is 9.87. The molecular weight excluding hydrogens is 221 g/mol. The molecule has 3 nitrogen and oxygen atoms in total. The van der Waals surface area contributed by atoms with Crippen molar-refractivity contribution in [2.45, 2.75) is 19.5 Å². The minimum absolute atomic E-state index is 0.00764. The third kappa shape index (κ3) is 2.87. The molecule has 0 radical (unpaired) electrons. The predicted octanol–water partition coefficient (Wildman–Crippen LogP) is 1.24. The van der Waals surface area contributed by atoms with E-state index in [4.69, 9.17) is 10.5 Å². The van der Waals surface area contributed by atoms with E-state index in [2.05, 4.69) is 0 Å². The molecule has 0 aliphatic carbocycles. The van der Waals surface area contributed by atoms with Crippen LogP contribution < -0.4 is 5.73 Å². The molecule has 96 valence electrons. The van der Waals surface area contributed by atoms with Crippen molar-refractivity contribution in [1.29, 1.82) is 0 Å². The second kappa shape index (κ2) is 5.33. The van der Waals surface area contributed by atoms with Crippen LogP contribution in [0.2, 0.25) is 0 Å². The summed E-state index contributed by atoms with van der Waals surface area (Å²) in [5.41, 5.74) is 3.66. The van der Waals surface area contributed by atoms with E-state index in [0.29, 0.717) is 26.2 Å². The lowest BCUT2D eigenvalue weighted by Crippen LogP contribution is -2.45. The Morgan fingerprint density at radius 3 is 2.62 bits per heavy atom. The summed E-state index contributed by atoms with van der Waals surface area (Å²) >= 11 is 0. The van der Waals surface area contributed by atoms with Crippen molar-refractivity contribution in [3.05, 3.63) is 0 Å². The average Bonchev–Trinajstić information content (AvgIpc) is 2.60. The number of likely N-dealkylation sites (tertiary alicyclic amines) is 1. The van der Waals surface area contributed by atoms with Gasteiger partial charge in [-0.25, -0.2) is 0 Å². The maximum absolute atomic E-state index is 13.0. The maximum atomic E-state index is 13.0. The van der Waals surface area contributed by atoms with Gasteiger partial charge in [-0.1, -0.05) is 0 Å². The van der Waals surface area contributed by atoms with Crippen LogP contribution in [0.5, 0.6) is 0 Å². The Balaban J connectivity index is 2.67. The largest absolute Gasteiger partial charge is 0.397 e. The monoisotopic (exact) mass is 240 g/mol. The number of rotatable bonds is 5. The highest BCUT2D eigenvalue weighted by atomic mass is 19.4. The van der Waals surface area contributed by atoms with Gasteiger partial charge >= 0.3 is 6.18 Å². The van der Waals surface area contributed by atoms with E-state index in [1.807, 2.05) is 0 Å². The van der Waals surface area contributed by atoms with Crippen molar-refractivity contribution < 1.29 is 17.9 Å². The number of hydrogen-bond acceptors (Lipinski definition) is 3. The zero-order chi connectivity index (χ0) is 12.2. The van der Waals surface area contributed by atoms with Crippen LogP contribution >= 0.6 is 0 Å². The Morgan fingerprint density at radius 1 is 1.44 bits per heavy atom. The summed E-state index contributed by atoms with van der Waals surface area (Å²) in [4.78, 5) is 1.76. The van der Waals surface area contributed by atoms with Gasteiger partial charge in [-0.15, -0.1) is 0 Å². The fraction of sp³-hybridized carbons (Fsp3) is 1.00. The quantitative estimate of drug-likeness (QED) is 0.785. The Bertz CT molecular complexity index is 223. The SMILES string of the molecule is CCOC[C@@]1(C(F)(F)F)CCN(CCN)C1. The first-order valence-corrected chi connectivity index (χ1v) is 5.52. The summed E-state index contributed by atoms with van der Waals surface area (Å²) in [5.74, 6) is 0. The van der Waals surface area contributed by atoms with Crippen molar-refractivity contribution in [2.75, 3.05) is 39.4 Å². The van der Waals surface area contributed by atoms with Crippen molar-refractivity contribution in [2.24, 2.45) is 11.1 Å². The first-order chi connectivity index (χ1) is 7.45. The van der Waals surface area contributed by atoms with Crippen LogP contribution in [-0.4, -0.2) is 50.5 Å². The second-order valence-electron chi connectivity index (χ2n) is 4.23. The molecule has 1 aliphatic heterocycles. The highest BCUT2D eigenvalue weighted by Gasteiger charge is 2.57. The number of alkyl halides is 3. The number of nitrogens with two attached hydrogens (primary N) is 1. The van der Waals surface area contributed by atoms with Crippen LogP contribution in [0.25, 0.3) is 0 Å². The van der Waals surface area contributed by atoms with Crippen LogP contribution in [0, 0.1) is 5.41 Å². The minimum atomic E-state index is -4.20. The van der Waals surface area contributed by atoms with Crippen molar-refractivity contribution >= 4 is 0 Å². The number of ether oxygens (including phenoxy) is 1. The number of hydrogen-bond donors (Lipinski definition) is 1. The third-order valence-corrected chi connectivity index (χ3v) is 3.06. The highest BCUT2D eigenvalue weighted by Crippen LogP contribution is 2.45. The molecule has 0 aromatic rings. The van der Waals surface area contributed by atoms with Gasteiger partial charge in [0.25, 0.3) is 0 Å². The van der Waals surface area contributed by atoms with E-state index < -0.39 is 11.6 Å². The molecule has 1 aliphatic rings. The lowest BCUT2D eigenvalue weighted by molar-refractivity contribution is -0.234. The molecule has 1 saturated heterocycles. The van der Waals surface area contributed by atoms with Crippen LogP contribution in [0.15, 0.2) is 0 Å². The summed E-state index contributed by atoms with van der Waals surface area (Å²) < 4.78 is 44.0. The number of halogens is 3. The van der Waals surface area contributed by atoms with Gasteiger partial charge in [0, 0.05) is 26.2 Å². The number of nitrogens with zero attached hydrogens (tertiary/aromatic N) is 1. The first-order valence-electron chi connectivity index (χ1n) is 5.52. The molecule has 0 aromatic heterocycles. The molecule has 1 atom stereocenters. The smallest absolute Gasteiger partial charge is 0.381 e. The third-order valence-electron chi connectivity index (χ3n) is 3.06. The summed E-state index contributed by atoms with van der Waals surface area (Å²) in [6.07, 6.45) is -4.10. The second-order valence-corrected chi connectivity index (χ2v) is 4.23. The Labute approximate surface area is 93.7 Å². The Kier molecular flexibility index (Phi) is 4.58. The summed E-state index contributed by atoms with van der Waals surface area (Å²) in [6, 6.07) is 0. The van der Waals surface area contributed by atoms with E-state index in [-0.39, 0.29) is 19.6 Å². The fourth-order valence-corrected chi connectivity index (χ4v) is 2.06. The Hall–Kier alpha value is -0.330. The van der Waals surface area contributed by atoms with Crippen molar-refractivity contribution in [1.82, 2.24) is 4.90 Å². The molecule has 2 N–H and O–H groups in total. The van der Waals surface area contributed by atoms with E-state index in [0.717, 1.165) is 0 Å². The van der Waals surface area contributed by atoms with E-state index in [1.54, 1.807) is 11.8 Å². The highest BCUT2D eigenvalue weighted by molar-refractivity contribution is 4.95. The van der Waals surface area contributed by atoms with Gasteiger partial charge in [0.15, 0.2) is 0 Å². The lowest BCUT2D eigenvalue weighted by Gasteiger charge is -2.31. The minimum Gasteiger partial charge on any atom is -0.381 e.